The number of methoxy groups -OCH3 is 2. The molecule has 2 heterocycles. The van der Waals surface area contributed by atoms with Gasteiger partial charge in [-0.3, -0.25) is 4.79 Å². The molecule has 7 heteroatoms. The van der Waals surface area contributed by atoms with Gasteiger partial charge >= 0.3 is 0 Å². The average molecular weight is 391 g/mol. The van der Waals surface area contributed by atoms with Crippen LogP contribution in [0.1, 0.15) is 32.4 Å². The number of carbonyl (C=O) groups is 1. The predicted molar refractivity (Wildman–Crippen MR) is 106 cm³/mol. The largest absolute Gasteiger partial charge is 0.493 e. The number of rotatable bonds is 6. The molecule has 0 aliphatic carbocycles. The summed E-state index contributed by atoms with van der Waals surface area (Å²) < 4.78 is 16.3. The molecule has 146 valence electrons. The van der Waals surface area contributed by atoms with E-state index in [1.165, 1.54) is 11.3 Å². The van der Waals surface area contributed by atoms with Gasteiger partial charge in [-0.15, -0.1) is 11.3 Å². The van der Waals surface area contributed by atoms with Crippen LogP contribution < -0.4 is 14.8 Å². The number of carbonyl (C=O) groups excluding carboxylic acids is 1. The van der Waals surface area contributed by atoms with Gasteiger partial charge in [0.05, 0.1) is 31.9 Å². The maximum atomic E-state index is 12.4. The van der Waals surface area contributed by atoms with Crippen molar-refractivity contribution in [3.05, 3.63) is 29.3 Å². The summed E-state index contributed by atoms with van der Waals surface area (Å²) in [4.78, 5) is 17.0. The molecular formula is C20H26N2O4S. The molecule has 0 bridgehead atoms. The van der Waals surface area contributed by atoms with E-state index in [9.17, 15) is 4.79 Å². The molecule has 0 spiro atoms. The minimum absolute atomic E-state index is 0.00172. The first-order valence-electron chi connectivity index (χ1n) is 9.00. The van der Waals surface area contributed by atoms with Crippen molar-refractivity contribution in [3.8, 4) is 22.1 Å². The van der Waals surface area contributed by atoms with Gasteiger partial charge < -0.3 is 19.5 Å². The molecule has 27 heavy (non-hydrogen) atoms. The van der Waals surface area contributed by atoms with Gasteiger partial charge in [-0.05, 0) is 44.9 Å². The van der Waals surface area contributed by atoms with Crippen LogP contribution in [-0.4, -0.2) is 43.4 Å². The van der Waals surface area contributed by atoms with E-state index in [-0.39, 0.29) is 24.0 Å². The average Bonchev–Trinajstić information content (AvgIpc) is 3.08. The van der Waals surface area contributed by atoms with Gasteiger partial charge in [0.2, 0.25) is 5.91 Å². The van der Waals surface area contributed by atoms with Crippen molar-refractivity contribution in [2.45, 2.75) is 44.8 Å². The van der Waals surface area contributed by atoms with Crippen molar-refractivity contribution in [2.75, 3.05) is 20.8 Å². The first-order valence-corrected chi connectivity index (χ1v) is 9.88. The molecule has 1 atom stereocenters. The van der Waals surface area contributed by atoms with Gasteiger partial charge in [0, 0.05) is 23.6 Å². The van der Waals surface area contributed by atoms with Crippen molar-refractivity contribution in [3.63, 3.8) is 0 Å². The second-order valence-corrected chi connectivity index (χ2v) is 8.11. The van der Waals surface area contributed by atoms with Gasteiger partial charge in [0.15, 0.2) is 11.5 Å². The zero-order valence-corrected chi connectivity index (χ0v) is 17.0. The lowest BCUT2D eigenvalue weighted by atomic mass is 9.94. The molecule has 1 aliphatic rings. The third-order valence-electron chi connectivity index (χ3n) is 4.59. The fourth-order valence-corrected chi connectivity index (χ4v) is 4.10. The van der Waals surface area contributed by atoms with Crippen LogP contribution in [0.15, 0.2) is 23.6 Å². The summed E-state index contributed by atoms with van der Waals surface area (Å²) in [5, 5.41) is 5.90. The highest BCUT2D eigenvalue weighted by molar-refractivity contribution is 7.13. The molecule has 1 aromatic carbocycles. The Balaban J connectivity index is 1.63. The van der Waals surface area contributed by atoms with Crippen molar-refractivity contribution in [1.82, 2.24) is 10.3 Å². The number of nitrogens with one attached hydrogen (secondary N) is 1. The van der Waals surface area contributed by atoms with Crippen molar-refractivity contribution in [2.24, 2.45) is 0 Å². The molecule has 1 fully saturated rings. The van der Waals surface area contributed by atoms with Crippen LogP contribution >= 0.6 is 11.3 Å². The lowest BCUT2D eigenvalue weighted by Gasteiger charge is -2.35. The van der Waals surface area contributed by atoms with E-state index in [1.807, 2.05) is 23.6 Å². The minimum Gasteiger partial charge on any atom is -0.493 e. The smallest absolute Gasteiger partial charge is 0.226 e. The second-order valence-electron chi connectivity index (χ2n) is 7.26. The summed E-state index contributed by atoms with van der Waals surface area (Å²) in [6.07, 6.45) is 1.96. The van der Waals surface area contributed by atoms with Crippen LogP contribution in [0, 0.1) is 0 Å². The fraction of sp³-hybridized carbons (Fsp3) is 0.500. The predicted octanol–water partition coefficient (Wildman–Crippen LogP) is 3.44. The Bertz CT molecular complexity index is 803. The normalized spacial score (nSPS) is 18.7. The Hall–Kier alpha value is -2.12. The number of hydrogen-bond donors (Lipinski definition) is 1. The molecule has 1 N–H and O–H groups in total. The third-order valence-corrected chi connectivity index (χ3v) is 5.53. The van der Waals surface area contributed by atoms with E-state index < -0.39 is 0 Å². The minimum atomic E-state index is -0.183. The summed E-state index contributed by atoms with van der Waals surface area (Å²) in [6, 6.07) is 5.85. The number of ether oxygens (including phenoxy) is 3. The van der Waals surface area contributed by atoms with E-state index in [2.05, 4.69) is 24.1 Å². The standard InChI is InChI=1S/C20H26N2O4S/c1-20(2)11-14(7-8-26-20)21-18(23)10-15-12-27-19(22-15)13-5-6-16(24-3)17(9-13)25-4/h5-6,9,12,14H,7-8,10-11H2,1-4H3,(H,21,23)/t14-/m0/s1. The number of hydrogen-bond acceptors (Lipinski definition) is 6. The molecular weight excluding hydrogens is 364 g/mol. The third kappa shape index (κ3) is 4.99. The van der Waals surface area contributed by atoms with E-state index in [4.69, 9.17) is 14.2 Å². The number of benzene rings is 1. The molecule has 0 radical (unpaired) electrons. The van der Waals surface area contributed by atoms with Gasteiger partial charge in [-0.25, -0.2) is 4.98 Å². The SMILES string of the molecule is COc1ccc(-c2nc(CC(=O)N[C@H]3CCOC(C)(C)C3)cs2)cc1OC. The Labute approximate surface area is 163 Å². The lowest BCUT2D eigenvalue weighted by molar-refractivity contribution is -0.123. The van der Waals surface area contributed by atoms with Gasteiger partial charge in [-0.1, -0.05) is 0 Å². The maximum absolute atomic E-state index is 12.4. The van der Waals surface area contributed by atoms with Gasteiger partial charge in [0.25, 0.3) is 0 Å². The molecule has 1 aromatic heterocycles. The molecule has 2 aromatic rings. The van der Waals surface area contributed by atoms with E-state index in [1.54, 1.807) is 14.2 Å². The zero-order chi connectivity index (χ0) is 19.4. The van der Waals surface area contributed by atoms with Crippen LogP contribution in [0.3, 0.4) is 0 Å². The highest BCUT2D eigenvalue weighted by atomic mass is 32.1. The van der Waals surface area contributed by atoms with Crippen LogP contribution in [0.25, 0.3) is 10.6 Å². The van der Waals surface area contributed by atoms with E-state index in [0.717, 1.165) is 29.1 Å². The number of amides is 1. The number of thiazole rings is 1. The fourth-order valence-electron chi connectivity index (χ4n) is 3.29. The van der Waals surface area contributed by atoms with Gasteiger partial charge in [-0.2, -0.15) is 0 Å². The summed E-state index contributed by atoms with van der Waals surface area (Å²) in [5.41, 5.74) is 1.53. The van der Waals surface area contributed by atoms with Crippen molar-refractivity contribution < 1.29 is 19.0 Å². The van der Waals surface area contributed by atoms with Crippen molar-refractivity contribution in [1.29, 1.82) is 0 Å². The van der Waals surface area contributed by atoms with Crippen LogP contribution in [-0.2, 0) is 16.0 Å². The summed E-state index contributed by atoms with van der Waals surface area (Å²) in [5.74, 6) is 1.34. The molecule has 3 rings (SSSR count). The Morgan fingerprint density at radius 3 is 2.81 bits per heavy atom. The van der Waals surface area contributed by atoms with E-state index >= 15 is 0 Å². The molecule has 6 nitrogen and oxygen atoms in total. The molecule has 1 saturated heterocycles. The number of aromatic nitrogens is 1. The first kappa shape index (κ1) is 19.6. The topological polar surface area (TPSA) is 69.7 Å². The van der Waals surface area contributed by atoms with Gasteiger partial charge in [0.1, 0.15) is 5.01 Å². The van der Waals surface area contributed by atoms with Crippen LogP contribution in [0.5, 0.6) is 11.5 Å². The zero-order valence-electron chi connectivity index (χ0n) is 16.2. The summed E-state index contributed by atoms with van der Waals surface area (Å²) in [6.45, 7) is 4.79. The number of nitrogens with zero attached hydrogens (tertiary/aromatic N) is 1. The second kappa shape index (κ2) is 8.27. The molecule has 0 unspecified atom stereocenters. The lowest BCUT2D eigenvalue weighted by Crippen LogP contribution is -2.46. The van der Waals surface area contributed by atoms with Crippen LogP contribution in [0.4, 0.5) is 0 Å². The molecule has 1 aliphatic heterocycles. The summed E-state index contributed by atoms with van der Waals surface area (Å²) in [7, 11) is 3.22. The van der Waals surface area contributed by atoms with Crippen molar-refractivity contribution >= 4 is 17.2 Å². The Morgan fingerprint density at radius 1 is 1.33 bits per heavy atom. The Kier molecular flexibility index (Phi) is 6.01. The van der Waals surface area contributed by atoms with Crippen LogP contribution in [0.2, 0.25) is 0 Å². The van der Waals surface area contributed by atoms with E-state index in [0.29, 0.717) is 18.1 Å². The molecule has 1 amide bonds. The summed E-state index contributed by atoms with van der Waals surface area (Å²) >= 11 is 1.52. The first-order chi connectivity index (χ1) is 12.9. The highest BCUT2D eigenvalue weighted by Gasteiger charge is 2.29. The highest BCUT2D eigenvalue weighted by Crippen LogP contribution is 2.33. The monoisotopic (exact) mass is 390 g/mol. The maximum Gasteiger partial charge on any atom is 0.226 e. The molecule has 0 saturated carbocycles. The quantitative estimate of drug-likeness (QED) is 0.818. The Morgan fingerprint density at radius 2 is 2.11 bits per heavy atom.